The van der Waals surface area contributed by atoms with E-state index in [1.165, 1.54) is 58.8 Å². The normalized spacial score (nSPS) is 10.9. The molecule has 0 aliphatic rings. The van der Waals surface area contributed by atoms with Gasteiger partial charge in [-0.25, -0.2) is 4.79 Å². The number of rotatable bonds is 17. The quantitative estimate of drug-likeness (QED) is 0.104. The van der Waals surface area contributed by atoms with Crippen LogP contribution in [0.1, 0.15) is 94.5 Å². The predicted molar refractivity (Wildman–Crippen MR) is 139 cm³/mol. The molecule has 0 bridgehead atoms. The first-order chi connectivity index (χ1) is 16.9. The van der Waals surface area contributed by atoms with Crippen LogP contribution in [0.5, 0.6) is 11.5 Å². The Morgan fingerprint density at radius 2 is 1.26 bits per heavy atom. The number of ketones is 2. The number of Topliss-reactive ketones (excluding diaryl/α,β-unsaturated/α-hetero) is 2. The van der Waals surface area contributed by atoms with E-state index in [0.29, 0.717) is 30.8 Å². The second kappa shape index (κ2) is 15.9. The molecule has 2 rings (SSSR count). The zero-order valence-corrected chi connectivity index (χ0v) is 21.5. The molecule has 0 unspecified atom stereocenters. The summed E-state index contributed by atoms with van der Waals surface area (Å²) in [6.07, 6.45) is 11.2. The fourth-order valence-corrected chi connectivity index (χ4v) is 4.01. The van der Waals surface area contributed by atoms with E-state index in [1.807, 2.05) is 12.1 Å². The molecule has 0 atom stereocenters. The van der Waals surface area contributed by atoms with Crippen LogP contribution in [0.15, 0.2) is 48.5 Å². The molecule has 5 nitrogen and oxygen atoms in total. The van der Waals surface area contributed by atoms with Crippen molar-refractivity contribution in [2.45, 2.75) is 85.0 Å². The molecular formula is C30H40O5. The lowest BCUT2D eigenvalue weighted by atomic mass is 9.93. The van der Waals surface area contributed by atoms with Gasteiger partial charge in [0, 0.05) is 0 Å². The first kappa shape index (κ1) is 28.3. The third-order valence-electron chi connectivity index (χ3n) is 6.19. The Labute approximate surface area is 210 Å². The Bertz CT molecular complexity index is 901. The van der Waals surface area contributed by atoms with Crippen LogP contribution < -0.4 is 9.47 Å². The standard InChI is InChI=1S/C30H40O5/c1-4-5-6-7-8-9-10-11-22-34-27-19-15-26(16-20-27)30(33)35-28-17-12-25(13-18-28)14-21-29(23(2)31)24(3)32/h12-13,15-20,29H,4-11,14,21-22H2,1-3H3. The summed E-state index contributed by atoms with van der Waals surface area (Å²) in [4.78, 5) is 35.6. The van der Waals surface area contributed by atoms with E-state index in [4.69, 9.17) is 9.47 Å². The maximum Gasteiger partial charge on any atom is 0.343 e. The van der Waals surface area contributed by atoms with Gasteiger partial charge in [0.15, 0.2) is 0 Å². The number of hydrogen-bond donors (Lipinski definition) is 0. The van der Waals surface area contributed by atoms with Gasteiger partial charge in [-0.3, -0.25) is 9.59 Å². The van der Waals surface area contributed by atoms with Gasteiger partial charge in [-0.15, -0.1) is 0 Å². The number of benzene rings is 2. The summed E-state index contributed by atoms with van der Waals surface area (Å²) in [6, 6.07) is 14.2. The Balaban J connectivity index is 1.71. The highest BCUT2D eigenvalue weighted by Crippen LogP contribution is 2.19. The van der Waals surface area contributed by atoms with Crippen LogP contribution >= 0.6 is 0 Å². The second-order valence-corrected chi connectivity index (χ2v) is 9.19. The minimum atomic E-state index is -0.556. The summed E-state index contributed by atoms with van der Waals surface area (Å²) >= 11 is 0. The highest BCUT2D eigenvalue weighted by Gasteiger charge is 2.19. The summed E-state index contributed by atoms with van der Waals surface area (Å²) < 4.78 is 11.3. The van der Waals surface area contributed by atoms with Gasteiger partial charge >= 0.3 is 5.97 Å². The second-order valence-electron chi connectivity index (χ2n) is 9.19. The maximum atomic E-state index is 12.5. The molecule has 0 spiro atoms. The van der Waals surface area contributed by atoms with Crippen molar-refractivity contribution in [1.29, 1.82) is 0 Å². The zero-order chi connectivity index (χ0) is 25.5. The first-order valence-corrected chi connectivity index (χ1v) is 13.0. The number of hydrogen-bond acceptors (Lipinski definition) is 5. The third-order valence-corrected chi connectivity index (χ3v) is 6.19. The fourth-order valence-electron chi connectivity index (χ4n) is 4.01. The third kappa shape index (κ3) is 10.9. The van der Waals surface area contributed by atoms with Crippen molar-refractivity contribution in [3.05, 3.63) is 59.7 Å². The van der Waals surface area contributed by atoms with Gasteiger partial charge < -0.3 is 9.47 Å². The van der Waals surface area contributed by atoms with E-state index in [1.54, 1.807) is 36.4 Å². The number of carbonyl (C=O) groups is 3. The number of ether oxygens (including phenoxy) is 2. The van der Waals surface area contributed by atoms with E-state index in [9.17, 15) is 14.4 Å². The predicted octanol–water partition coefficient (Wildman–Crippen LogP) is 7.15. The number of aryl methyl sites for hydroxylation is 1. The molecule has 0 aliphatic carbocycles. The van der Waals surface area contributed by atoms with Crippen LogP contribution in [0.2, 0.25) is 0 Å². The molecule has 0 aliphatic heterocycles. The van der Waals surface area contributed by atoms with Crippen molar-refractivity contribution in [2.24, 2.45) is 5.92 Å². The molecule has 0 saturated heterocycles. The molecule has 0 amide bonds. The molecule has 0 radical (unpaired) electrons. The SMILES string of the molecule is CCCCCCCCCCOc1ccc(C(=O)Oc2ccc(CCC(C(C)=O)C(C)=O)cc2)cc1. The Morgan fingerprint density at radius 1 is 0.714 bits per heavy atom. The zero-order valence-electron chi connectivity index (χ0n) is 21.5. The van der Waals surface area contributed by atoms with E-state index < -0.39 is 11.9 Å². The van der Waals surface area contributed by atoms with Crippen LogP contribution in [0.25, 0.3) is 0 Å². The molecule has 0 N–H and O–H groups in total. The minimum absolute atomic E-state index is 0.104. The average Bonchev–Trinajstić information content (AvgIpc) is 2.84. The molecule has 2 aromatic carbocycles. The lowest BCUT2D eigenvalue weighted by molar-refractivity contribution is -0.130. The van der Waals surface area contributed by atoms with Gasteiger partial charge in [0.05, 0.1) is 18.1 Å². The van der Waals surface area contributed by atoms with E-state index in [-0.39, 0.29) is 11.6 Å². The van der Waals surface area contributed by atoms with Crippen LogP contribution in [0.3, 0.4) is 0 Å². The highest BCUT2D eigenvalue weighted by atomic mass is 16.5. The molecule has 2 aromatic rings. The summed E-state index contributed by atoms with van der Waals surface area (Å²) in [6.45, 7) is 5.82. The molecule has 0 saturated carbocycles. The van der Waals surface area contributed by atoms with Gasteiger partial charge in [-0.05, 0) is 75.1 Å². The Kier molecular flexibility index (Phi) is 12.8. The summed E-state index contributed by atoms with van der Waals surface area (Å²) in [5, 5.41) is 0. The van der Waals surface area contributed by atoms with Crippen molar-refractivity contribution in [3.8, 4) is 11.5 Å². The highest BCUT2D eigenvalue weighted by molar-refractivity contribution is 6.00. The lowest BCUT2D eigenvalue weighted by Gasteiger charge is -2.10. The topological polar surface area (TPSA) is 69.7 Å². The molecule has 5 heteroatoms. The number of unbranched alkanes of at least 4 members (excludes halogenated alkanes) is 7. The largest absolute Gasteiger partial charge is 0.494 e. The maximum absolute atomic E-state index is 12.5. The lowest BCUT2D eigenvalue weighted by Crippen LogP contribution is -2.20. The molecule has 0 aromatic heterocycles. The van der Waals surface area contributed by atoms with Gasteiger partial charge in [-0.1, -0.05) is 64.0 Å². The molecule has 35 heavy (non-hydrogen) atoms. The van der Waals surface area contributed by atoms with Crippen LogP contribution in [0.4, 0.5) is 0 Å². The first-order valence-electron chi connectivity index (χ1n) is 13.0. The van der Waals surface area contributed by atoms with E-state index in [2.05, 4.69) is 6.92 Å². The van der Waals surface area contributed by atoms with Gasteiger partial charge in [0.25, 0.3) is 0 Å². The Hall–Kier alpha value is -2.95. The van der Waals surface area contributed by atoms with E-state index in [0.717, 1.165) is 17.7 Å². The average molecular weight is 481 g/mol. The Morgan fingerprint density at radius 3 is 1.83 bits per heavy atom. The smallest absolute Gasteiger partial charge is 0.343 e. The van der Waals surface area contributed by atoms with Crippen molar-refractivity contribution in [1.82, 2.24) is 0 Å². The molecule has 0 fully saturated rings. The van der Waals surface area contributed by atoms with Crippen LogP contribution in [-0.2, 0) is 16.0 Å². The minimum Gasteiger partial charge on any atom is -0.494 e. The van der Waals surface area contributed by atoms with E-state index >= 15 is 0 Å². The van der Waals surface area contributed by atoms with Crippen LogP contribution in [-0.4, -0.2) is 24.1 Å². The van der Waals surface area contributed by atoms with Gasteiger partial charge in [-0.2, -0.15) is 0 Å². The van der Waals surface area contributed by atoms with Crippen molar-refractivity contribution >= 4 is 17.5 Å². The number of esters is 1. The van der Waals surface area contributed by atoms with Crippen molar-refractivity contribution in [2.75, 3.05) is 6.61 Å². The summed E-state index contributed by atoms with van der Waals surface area (Å²) in [5.41, 5.74) is 1.44. The molecule has 0 heterocycles. The number of carbonyl (C=O) groups excluding carboxylic acids is 3. The van der Waals surface area contributed by atoms with Crippen molar-refractivity contribution < 1.29 is 23.9 Å². The van der Waals surface area contributed by atoms with Gasteiger partial charge in [0.2, 0.25) is 0 Å². The molecule has 190 valence electrons. The summed E-state index contributed by atoms with van der Waals surface area (Å²) in [5.74, 6) is 0.00683. The summed E-state index contributed by atoms with van der Waals surface area (Å²) in [7, 11) is 0. The van der Waals surface area contributed by atoms with Crippen LogP contribution in [0, 0.1) is 5.92 Å². The monoisotopic (exact) mass is 480 g/mol. The van der Waals surface area contributed by atoms with Crippen molar-refractivity contribution in [3.63, 3.8) is 0 Å². The fraction of sp³-hybridized carbons (Fsp3) is 0.500. The van der Waals surface area contributed by atoms with Gasteiger partial charge in [0.1, 0.15) is 23.1 Å². The molecular weight excluding hydrogens is 440 g/mol.